The van der Waals surface area contributed by atoms with Crippen LogP contribution in [0, 0.1) is 20.8 Å². The quantitative estimate of drug-likeness (QED) is 0.689. The third-order valence-corrected chi connectivity index (χ3v) is 4.41. The van der Waals surface area contributed by atoms with E-state index in [9.17, 15) is 0 Å². The summed E-state index contributed by atoms with van der Waals surface area (Å²) in [6.07, 6.45) is 0. The molecule has 0 saturated heterocycles. The van der Waals surface area contributed by atoms with Crippen LogP contribution in [0.15, 0.2) is 54.6 Å². The lowest BCUT2D eigenvalue weighted by Gasteiger charge is -2.15. The number of hydrogen-bond acceptors (Lipinski definition) is 3. The van der Waals surface area contributed by atoms with Crippen LogP contribution in [0.1, 0.15) is 22.4 Å². The number of ether oxygens (including phenoxy) is 1. The molecule has 1 N–H and O–H groups in total. The van der Waals surface area contributed by atoms with Gasteiger partial charge in [-0.15, -0.1) is 0 Å². The van der Waals surface area contributed by atoms with E-state index < -0.39 is 0 Å². The standard InChI is InChI=1S/C22H24N2O/c1-15-7-5-10-21(23-4)19(15)14-25-22-12-11-18(13-16(22)2)20-9-6-8-17(3)24-20/h5-13,23H,14H2,1-4H3. The van der Waals surface area contributed by atoms with Gasteiger partial charge in [-0.3, -0.25) is 4.98 Å². The van der Waals surface area contributed by atoms with Crippen molar-refractivity contribution in [2.45, 2.75) is 27.4 Å². The molecule has 3 nitrogen and oxygen atoms in total. The molecule has 0 saturated carbocycles. The number of rotatable bonds is 5. The fourth-order valence-electron chi connectivity index (χ4n) is 2.95. The molecule has 0 fully saturated rings. The Morgan fingerprint density at radius 3 is 2.44 bits per heavy atom. The van der Waals surface area contributed by atoms with Crippen LogP contribution < -0.4 is 10.1 Å². The second-order valence-corrected chi connectivity index (χ2v) is 6.28. The summed E-state index contributed by atoms with van der Waals surface area (Å²) in [4.78, 5) is 4.59. The van der Waals surface area contributed by atoms with Gasteiger partial charge in [-0.1, -0.05) is 18.2 Å². The molecular weight excluding hydrogens is 308 g/mol. The Morgan fingerprint density at radius 2 is 1.72 bits per heavy atom. The smallest absolute Gasteiger partial charge is 0.122 e. The van der Waals surface area contributed by atoms with Gasteiger partial charge in [0.15, 0.2) is 0 Å². The Hall–Kier alpha value is -2.81. The Labute approximate surface area is 149 Å². The maximum atomic E-state index is 6.10. The number of hydrogen-bond donors (Lipinski definition) is 1. The first kappa shape index (κ1) is 17.0. The third-order valence-electron chi connectivity index (χ3n) is 4.41. The van der Waals surface area contributed by atoms with Gasteiger partial charge < -0.3 is 10.1 Å². The minimum absolute atomic E-state index is 0.547. The van der Waals surface area contributed by atoms with Gasteiger partial charge in [0.2, 0.25) is 0 Å². The Kier molecular flexibility index (Phi) is 5.03. The van der Waals surface area contributed by atoms with Gasteiger partial charge >= 0.3 is 0 Å². The molecule has 0 aliphatic rings. The Morgan fingerprint density at radius 1 is 0.920 bits per heavy atom. The minimum Gasteiger partial charge on any atom is -0.489 e. The molecule has 1 heterocycles. The normalized spacial score (nSPS) is 10.6. The van der Waals surface area contributed by atoms with E-state index in [4.69, 9.17) is 4.74 Å². The van der Waals surface area contributed by atoms with Crippen LogP contribution in [0.4, 0.5) is 5.69 Å². The second kappa shape index (κ2) is 7.39. The molecule has 3 rings (SSSR count). The van der Waals surface area contributed by atoms with Crippen molar-refractivity contribution in [2.75, 3.05) is 12.4 Å². The molecular formula is C22H24N2O. The highest BCUT2D eigenvalue weighted by Crippen LogP contribution is 2.27. The molecule has 1 aromatic heterocycles. The first-order valence-corrected chi connectivity index (χ1v) is 8.52. The van der Waals surface area contributed by atoms with Crippen molar-refractivity contribution < 1.29 is 4.74 Å². The van der Waals surface area contributed by atoms with Crippen LogP contribution in [0.25, 0.3) is 11.3 Å². The number of aromatic nitrogens is 1. The molecule has 0 unspecified atom stereocenters. The predicted molar refractivity (Wildman–Crippen MR) is 104 cm³/mol. The van der Waals surface area contributed by atoms with Crippen LogP contribution in [0.5, 0.6) is 5.75 Å². The van der Waals surface area contributed by atoms with Crippen molar-refractivity contribution in [3.05, 3.63) is 77.0 Å². The highest BCUT2D eigenvalue weighted by molar-refractivity contribution is 5.62. The van der Waals surface area contributed by atoms with Crippen molar-refractivity contribution in [3.63, 3.8) is 0 Å². The van der Waals surface area contributed by atoms with Gasteiger partial charge in [0, 0.05) is 29.6 Å². The Balaban J connectivity index is 1.81. The van der Waals surface area contributed by atoms with E-state index in [1.165, 1.54) is 11.1 Å². The monoisotopic (exact) mass is 332 g/mol. The maximum Gasteiger partial charge on any atom is 0.122 e. The van der Waals surface area contributed by atoms with Crippen molar-refractivity contribution in [1.29, 1.82) is 0 Å². The summed E-state index contributed by atoms with van der Waals surface area (Å²) in [7, 11) is 1.94. The van der Waals surface area contributed by atoms with Crippen LogP contribution in [-0.2, 0) is 6.61 Å². The van der Waals surface area contributed by atoms with Gasteiger partial charge in [0.05, 0.1) is 5.69 Å². The van der Waals surface area contributed by atoms with E-state index >= 15 is 0 Å². The third kappa shape index (κ3) is 3.82. The Bertz CT molecular complexity index is 887. The van der Waals surface area contributed by atoms with Crippen LogP contribution in [0.3, 0.4) is 0 Å². The molecule has 25 heavy (non-hydrogen) atoms. The number of benzene rings is 2. The number of pyridine rings is 1. The van der Waals surface area contributed by atoms with Gasteiger partial charge in [-0.05, 0) is 68.3 Å². The van der Waals surface area contributed by atoms with E-state index in [-0.39, 0.29) is 0 Å². The predicted octanol–water partition coefficient (Wildman–Crippen LogP) is 5.29. The van der Waals surface area contributed by atoms with E-state index in [2.05, 4.69) is 54.5 Å². The molecule has 0 aliphatic heterocycles. The maximum absolute atomic E-state index is 6.10. The molecule has 3 heteroatoms. The molecule has 0 bridgehead atoms. The van der Waals surface area contributed by atoms with Crippen molar-refractivity contribution in [2.24, 2.45) is 0 Å². The summed E-state index contributed by atoms with van der Waals surface area (Å²) >= 11 is 0. The van der Waals surface area contributed by atoms with Crippen molar-refractivity contribution in [1.82, 2.24) is 4.98 Å². The zero-order chi connectivity index (χ0) is 17.8. The van der Waals surface area contributed by atoms with Crippen LogP contribution >= 0.6 is 0 Å². The lowest BCUT2D eigenvalue weighted by atomic mass is 10.1. The van der Waals surface area contributed by atoms with Gasteiger partial charge in [-0.2, -0.15) is 0 Å². The SMILES string of the molecule is CNc1cccc(C)c1COc1ccc(-c2cccc(C)n2)cc1C. The average Bonchev–Trinajstić information content (AvgIpc) is 2.61. The van der Waals surface area contributed by atoms with Crippen molar-refractivity contribution >= 4 is 5.69 Å². The van der Waals surface area contributed by atoms with Crippen LogP contribution in [0.2, 0.25) is 0 Å². The van der Waals surface area contributed by atoms with E-state index in [0.29, 0.717) is 6.61 Å². The first-order valence-electron chi connectivity index (χ1n) is 8.52. The first-order chi connectivity index (χ1) is 12.1. The summed E-state index contributed by atoms with van der Waals surface area (Å²) in [6, 6.07) is 18.6. The molecule has 0 atom stereocenters. The fraction of sp³-hybridized carbons (Fsp3) is 0.227. The summed E-state index contributed by atoms with van der Waals surface area (Å²) < 4.78 is 6.10. The lowest BCUT2D eigenvalue weighted by Crippen LogP contribution is -2.03. The number of nitrogens with one attached hydrogen (secondary N) is 1. The summed E-state index contributed by atoms with van der Waals surface area (Å²) in [6.45, 7) is 6.74. The molecule has 0 aliphatic carbocycles. The number of anilines is 1. The van der Waals surface area contributed by atoms with Gasteiger partial charge in [0.1, 0.15) is 12.4 Å². The summed E-state index contributed by atoms with van der Waals surface area (Å²) in [5.74, 6) is 0.904. The molecule has 3 aromatic rings. The largest absolute Gasteiger partial charge is 0.489 e. The van der Waals surface area contributed by atoms with Gasteiger partial charge in [0.25, 0.3) is 0 Å². The zero-order valence-corrected chi connectivity index (χ0v) is 15.3. The summed E-state index contributed by atoms with van der Waals surface area (Å²) in [5.41, 5.74) is 7.76. The fourth-order valence-corrected chi connectivity index (χ4v) is 2.95. The zero-order valence-electron chi connectivity index (χ0n) is 15.3. The van der Waals surface area contributed by atoms with E-state index in [1.54, 1.807) is 0 Å². The lowest BCUT2D eigenvalue weighted by molar-refractivity contribution is 0.304. The van der Waals surface area contributed by atoms with Gasteiger partial charge in [-0.25, -0.2) is 0 Å². The number of nitrogens with zero attached hydrogens (tertiary/aromatic N) is 1. The topological polar surface area (TPSA) is 34.1 Å². The molecule has 2 aromatic carbocycles. The summed E-state index contributed by atoms with van der Waals surface area (Å²) in [5, 5.41) is 3.23. The highest BCUT2D eigenvalue weighted by atomic mass is 16.5. The van der Waals surface area contributed by atoms with E-state index in [0.717, 1.165) is 34.0 Å². The molecule has 128 valence electrons. The highest BCUT2D eigenvalue weighted by Gasteiger charge is 2.08. The number of aryl methyl sites for hydroxylation is 3. The van der Waals surface area contributed by atoms with Crippen LogP contribution in [-0.4, -0.2) is 12.0 Å². The second-order valence-electron chi connectivity index (χ2n) is 6.28. The molecule has 0 spiro atoms. The molecule has 0 radical (unpaired) electrons. The average molecular weight is 332 g/mol. The van der Waals surface area contributed by atoms with E-state index in [1.807, 2.05) is 38.2 Å². The van der Waals surface area contributed by atoms with Crippen molar-refractivity contribution in [3.8, 4) is 17.0 Å². The molecule has 0 amide bonds. The minimum atomic E-state index is 0.547.